The van der Waals surface area contributed by atoms with Crippen molar-refractivity contribution in [3.8, 4) is 10.6 Å². The van der Waals surface area contributed by atoms with Crippen LogP contribution in [0.2, 0.25) is 0 Å². The van der Waals surface area contributed by atoms with Crippen LogP contribution in [0, 0.1) is 6.92 Å². The van der Waals surface area contributed by atoms with Crippen molar-refractivity contribution in [3.63, 3.8) is 0 Å². The molecule has 1 saturated heterocycles. The number of aryl methyl sites for hydroxylation is 1. The number of carboxylic acid groups (broad SMARTS) is 1. The van der Waals surface area contributed by atoms with Gasteiger partial charge in [-0.25, -0.2) is 4.98 Å². The number of carbonyl (C=O) groups is 2. The van der Waals surface area contributed by atoms with Gasteiger partial charge < -0.3 is 10.0 Å². The van der Waals surface area contributed by atoms with E-state index in [2.05, 4.69) is 4.98 Å². The largest absolute Gasteiger partial charge is 0.481 e. The summed E-state index contributed by atoms with van der Waals surface area (Å²) in [6, 6.07) is 7.59. The van der Waals surface area contributed by atoms with Crippen molar-refractivity contribution in [2.75, 3.05) is 6.54 Å². The average molecular weight is 358 g/mol. The number of hydrogen-bond donors (Lipinski definition) is 1. The van der Waals surface area contributed by atoms with E-state index < -0.39 is 5.97 Å². The Labute approximate surface area is 151 Å². The van der Waals surface area contributed by atoms with Crippen LogP contribution >= 0.6 is 11.3 Å². The number of likely N-dealkylation sites (tertiary alicyclic amines) is 1. The summed E-state index contributed by atoms with van der Waals surface area (Å²) in [5, 5.41) is 11.8. The maximum atomic E-state index is 13.0. The molecule has 1 unspecified atom stereocenters. The van der Waals surface area contributed by atoms with Gasteiger partial charge in [-0.2, -0.15) is 0 Å². The minimum atomic E-state index is -0.806. The van der Waals surface area contributed by atoms with Gasteiger partial charge in [-0.1, -0.05) is 12.1 Å². The first-order valence-electron chi connectivity index (χ1n) is 8.60. The van der Waals surface area contributed by atoms with E-state index >= 15 is 0 Å². The van der Waals surface area contributed by atoms with Crippen molar-refractivity contribution >= 4 is 23.2 Å². The fraction of sp³-hybridized carbons (Fsp3) is 0.421. The summed E-state index contributed by atoms with van der Waals surface area (Å²) in [7, 11) is 0. The molecule has 0 radical (unpaired) electrons. The third kappa shape index (κ3) is 4.25. The van der Waals surface area contributed by atoms with Crippen molar-refractivity contribution in [1.82, 2.24) is 9.88 Å². The minimum absolute atomic E-state index is 0.00906. The Morgan fingerprint density at radius 1 is 1.36 bits per heavy atom. The van der Waals surface area contributed by atoms with Gasteiger partial charge in [0.05, 0.1) is 0 Å². The molecule has 3 rings (SSSR count). The lowest BCUT2D eigenvalue weighted by molar-refractivity contribution is -0.137. The van der Waals surface area contributed by atoms with Gasteiger partial charge in [0.25, 0.3) is 5.91 Å². The molecule has 2 aromatic rings. The molecule has 6 heteroatoms. The number of benzene rings is 1. The number of carboxylic acids is 1. The molecule has 1 aromatic heterocycles. The van der Waals surface area contributed by atoms with Gasteiger partial charge in [0.15, 0.2) is 0 Å². The van der Waals surface area contributed by atoms with E-state index in [-0.39, 0.29) is 18.4 Å². The number of piperidine rings is 1. The molecule has 0 saturated carbocycles. The third-order valence-corrected chi connectivity index (χ3v) is 5.56. The molecular weight excluding hydrogens is 336 g/mol. The van der Waals surface area contributed by atoms with E-state index in [4.69, 9.17) is 5.11 Å². The van der Waals surface area contributed by atoms with Gasteiger partial charge >= 0.3 is 5.97 Å². The van der Waals surface area contributed by atoms with Crippen molar-refractivity contribution in [2.45, 2.75) is 45.1 Å². The van der Waals surface area contributed by atoms with Gasteiger partial charge in [0, 0.05) is 41.2 Å². The van der Waals surface area contributed by atoms with Crippen LogP contribution in [0.5, 0.6) is 0 Å². The zero-order valence-corrected chi connectivity index (χ0v) is 15.1. The first-order chi connectivity index (χ1) is 12.0. The number of aliphatic carboxylic acids is 1. The van der Waals surface area contributed by atoms with E-state index in [1.165, 1.54) is 0 Å². The van der Waals surface area contributed by atoms with Crippen LogP contribution in [0.25, 0.3) is 10.6 Å². The Balaban J connectivity index is 1.80. The molecule has 1 fully saturated rings. The smallest absolute Gasteiger partial charge is 0.303 e. The third-order valence-electron chi connectivity index (χ3n) is 4.55. The lowest BCUT2D eigenvalue weighted by Crippen LogP contribution is -2.44. The summed E-state index contributed by atoms with van der Waals surface area (Å²) in [5.41, 5.74) is 2.57. The predicted molar refractivity (Wildman–Crippen MR) is 97.8 cm³/mol. The SMILES string of the molecule is Cc1csc(-c2cccc(C(=O)N3CCCCC3CCC(=O)O)c2)n1. The van der Waals surface area contributed by atoms with Gasteiger partial charge in [-0.3, -0.25) is 9.59 Å². The summed E-state index contributed by atoms with van der Waals surface area (Å²) in [5.74, 6) is -0.815. The van der Waals surface area contributed by atoms with Crippen LogP contribution in [0.4, 0.5) is 0 Å². The Morgan fingerprint density at radius 3 is 2.92 bits per heavy atom. The number of aromatic nitrogens is 1. The molecule has 1 aliphatic rings. The number of amides is 1. The van der Waals surface area contributed by atoms with Crippen LogP contribution in [0.15, 0.2) is 29.6 Å². The summed E-state index contributed by atoms with van der Waals surface area (Å²) in [6.07, 6.45) is 3.52. The molecule has 5 nitrogen and oxygen atoms in total. The summed E-state index contributed by atoms with van der Waals surface area (Å²) in [4.78, 5) is 30.2. The summed E-state index contributed by atoms with van der Waals surface area (Å²) >= 11 is 1.57. The van der Waals surface area contributed by atoms with Gasteiger partial charge in [-0.15, -0.1) is 11.3 Å². The van der Waals surface area contributed by atoms with E-state index in [1.807, 2.05) is 41.5 Å². The van der Waals surface area contributed by atoms with Crippen LogP contribution in [-0.2, 0) is 4.79 Å². The minimum Gasteiger partial charge on any atom is -0.481 e. The zero-order chi connectivity index (χ0) is 17.8. The van der Waals surface area contributed by atoms with Gasteiger partial charge in [-0.05, 0) is 44.7 Å². The van der Waals surface area contributed by atoms with E-state index in [1.54, 1.807) is 11.3 Å². The molecule has 1 aromatic carbocycles. The monoisotopic (exact) mass is 358 g/mol. The second-order valence-electron chi connectivity index (χ2n) is 6.46. The fourth-order valence-corrected chi connectivity index (χ4v) is 4.09. The lowest BCUT2D eigenvalue weighted by atomic mass is 9.96. The highest BCUT2D eigenvalue weighted by molar-refractivity contribution is 7.13. The van der Waals surface area contributed by atoms with Gasteiger partial charge in [0.1, 0.15) is 5.01 Å². The number of carbonyl (C=O) groups excluding carboxylic acids is 1. The predicted octanol–water partition coefficient (Wildman–Crippen LogP) is 3.98. The molecule has 132 valence electrons. The van der Waals surface area contributed by atoms with Crippen molar-refractivity contribution in [1.29, 1.82) is 0 Å². The lowest BCUT2D eigenvalue weighted by Gasteiger charge is -2.35. The second-order valence-corrected chi connectivity index (χ2v) is 7.31. The van der Waals surface area contributed by atoms with Crippen LogP contribution < -0.4 is 0 Å². The van der Waals surface area contributed by atoms with Crippen molar-refractivity contribution in [3.05, 3.63) is 40.9 Å². The second kappa shape index (κ2) is 7.78. The number of nitrogens with zero attached hydrogens (tertiary/aromatic N) is 2. The number of thiazole rings is 1. The molecule has 1 atom stereocenters. The van der Waals surface area contributed by atoms with Gasteiger partial charge in [0.2, 0.25) is 0 Å². The normalized spacial score (nSPS) is 17.5. The summed E-state index contributed by atoms with van der Waals surface area (Å²) in [6.45, 7) is 2.65. The molecule has 1 amide bonds. The van der Waals surface area contributed by atoms with E-state index in [9.17, 15) is 9.59 Å². The highest BCUT2D eigenvalue weighted by Gasteiger charge is 2.28. The van der Waals surface area contributed by atoms with Crippen LogP contribution in [0.3, 0.4) is 0 Å². The van der Waals surface area contributed by atoms with Crippen molar-refractivity contribution < 1.29 is 14.7 Å². The molecule has 0 aliphatic carbocycles. The quantitative estimate of drug-likeness (QED) is 0.878. The Kier molecular flexibility index (Phi) is 5.48. The Morgan fingerprint density at radius 2 is 2.20 bits per heavy atom. The molecule has 0 bridgehead atoms. The Hall–Kier alpha value is -2.21. The summed E-state index contributed by atoms with van der Waals surface area (Å²) < 4.78 is 0. The molecular formula is C19H22N2O3S. The molecule has 1 aliphatic heterocycles. The highest BCUT2D eigenvalue weighted by atomic mass is 32.1. The maximum absolute atomic E-state index is 13.0. The van der Waals surface area contributed by atoms with E-state index in [0.29, 0.717) is 18.5 Å². The van der Waals surface area contributed by atoms with Crippen molar-refractivity contribution in [2.24, 2.45) is 0 Å². The first-order valence-corrected chi connectivity index (χ1v) is 9.48. The molecule has 25 heavy (non-hydrogen) atoms. The van der Waals surface area contributed by atoms with Crippen LogP contribution in [0.1, 0.15) is 48.2 Å². The molecule has 1 N–H and O–H groups in total. The van der Waals surface area contributed by atoms with E-state index in [0.717, 1.165) is 35.5 Å². The Bertz CT molecular complexity index is 772. The number of hydrogen-bond acceptors (Lipinski definition) is 4. The van der Waals surface area contributed by atoms with Crippen LogP contribution in [-0.4, -0.2) is 39.5 Å². The average Bonchev–Trinajstić information content (AvgIpc) is 3.06. The fourth-order valence-electron chi connectivity index (χ4n) is 3.30. The molecule has 2 heterocycles. The zero-order valence-electron chi connectivity index (χ0n) is 14.3. The standard InChI is InChI=1S/C19H22N2O3S/c1-13-12-25-18(20-13)14-5-4-6-15(11-14)19(24)21-10-3-2-7-16(21)8-9-17(22)23/h4-6,11-12,16H,2-3,7-10H2,1H3,(H,22,23). The maximum Gasteiger partial charge on any atom is 0.303 e. The number of rotatable bonds is 5. The first kappa shape index (κ1) is 17.6. The highest BCUT2D eigenvalue weighted by Crippen LogP contribution is 2.27. The topological polar surface area (TPSA) is 70.5 Å². The molecule has 0 spiro atoms.